The van der Waals surface area contributed by atoms with E-state index in [1.54, 1.807) is 0 Å². The number of ether oxygens (including phenoxy) is 1. The number of benzene rings is 1. The monoisotopic (exact) mass is 261 g/mol. The van der Waals surface area contributed by atoms with E-state index in [0.29, 0.717) is 6.04 Å². The van der Waals surface area contributed by atoms with Crippen LogP contribution < -0.4 is 10.1 Å². The third kappa shape index (κ3) is 4.54. The zero-order valence-corrected chi connectivity index (χ0v) is 12.5. The summed E-state index contributed by atoms with van der Waals surface area (Å²) in [4.78, 5) is 0. The zero-order chi connectivity index (χ0) is 13.7. The minimum atomic E-state index is 0.233. The molecule has 1 fully saturated rings. The van der Waals surface area contributed by atoms with Crippen molar-refractivity contribution < 1.29 is 4.74 Å². The molecule has 2 rings (SSSR count). The van der Waals surface area contributed by atoms with Crippen LogP contribution in [0.2, 0.25) is 0 Å². The van der Waals surface area contributed by atoms with Crippen LogP contribution in [0.4, 0.5) is 0 Å². The van der Waals surface area contributed by atoms with Crippen LogP contribution in [0.5, 0.6) is 5.75 Å². The molecule has 0 aromatic heterocycles. The van der Waals surface area contributed by atoms with Crippen LogP contribution in [0.15, 0.2) is 24.3 Å². The second-order valence-corrected chi connectivity index (χ2v) is 6.11. The minimum absolute atomic E-state index is 0.233. The highest BCUT2D eigenvalue weighted by molar-refractivity contribution is 5.33. The Hall–Kier alpha value is -1.02. The number of nitrogens with one attached hydrogen (secondary N) is 1. The van der Waals surface area contributed by atoms with Crippen molar-refractivity contribution in [1.82, 2.24) is 5.32 Å². The summed E-state index contributed by atoms with van der Waals surface area (Å²) in [5, 5.41) is 3.69. The predicted molar refractivity (Wildman–Crippen MR) is 80.5 cm³/mol. The van der Waals surface area contributed by atoms with Gasteiger partial charge in [0.15, 0.2) is 0 Å². The number of para-hydroxylation sites is 1. The largest absolute Gasteiger partial charge is 0.491 e. The van der Waals surface area contributed by atoms with Crippen molar-refractivity contribution in [3.8, 4) is 5.75 Å². The molecule has 0 aliphatic heterocycles. The van der Waals surface area contributed by atoms with Crippen LogP contribution in [0.25, 0.3) is 0 Å². The van der Waals surface area contributed by atoms with Crippen molar-refractivity contribution in [2.75, 3.05) is 0 Å². The lowest BCUT2D eigenvalue weighted by atomic mass is 9.87. The highest BCUT2D eigenvalue weighted by Gasteiger charge is 2.17. The van der Waals surface area contributed by atoms with Gasteiger partial charge in [-0.05, 0) is 51.5 Å². The van der Waals surface area contributed by atoms with Crippen molar-refractivity contribution in [3.63, 3.8) is 0 Å². The zero-order valence-electron chi connectivity index (χ0n) is 12.5. The van der Waals surface area contributed by atoms with E-state index < -0.39 is 0 Å². The first-order valence-electron chi connectivity index (χ1n) is 7.63. The van der Waals surface area contributed by atoms with Gasteiger partial charge in [0, 0.05) is 18.2 Å². The Morgan fingerprint density at radius 3 is 2.53 bits per heavy atom. The van der Waals surface area contributed by atoms with Crippen LogP contribution in [0.1, 0.15) is 52.0 Å². The standard InChI is InChI=1S/C17H27NO/c1-13(2)19-17-7-5-4-6-15(17)12-18-16-10-8-14(3)9-11-16/h4-7,13-14,16,18H,8-12H2,1-3H3. The fourth-order valence-corrected chi connectivity index (χ4v) is 2.74. The van der Waals surface area contributed by atoms with Crippen LogP contribution in [-0.2, 0) is 6.54 Å². The lowest BCUT2D eigenvalue weighted by Gasteiger charge is -2.27. The molecule has 0 spiro atoms. The lowest BCUT2D eigenvalue weighted by molar-refractivity contribution is 0.238. The maximum atomic E-state index is 5.86. The molecule has 0 unspecified atom stereocenters. The second-order valence-electron chi connectivity index (χ2n) is 6.11. The Bertz CT molecular complexity index is 381. The Kier molecular flexibility index (Phi) is 5.26. The molecule has 0 atom stereocenters. The quantitative estimate of drug-likeness (QED) is 0.860. The van der Waals surface area contributed by atoms with Crippen LogP contribution >= 0.6 is 0 Å². The van der Waals surface area contributed by atoms with Gasteiger partial charge in [0.05, 0.1) is 6.10 Å². The summed E-state index contributed by atoms with van der Waals surface area (Å²) in [6, 6.07) is 9.05. The van der Waals surface area contributed by atoms with Crippen molar-refractivity contribution in [3.05, 3.63) is 29.8 Å². The molecule has 0 amide bonds. The minimum Gasteiger partial charge on any atom is -0.491 e. The van der Waals surface area contributed by atoms with E-state index in [0.717, 1.165) is 18.2 Å². The molecule has 1 aromatic carbocycles. The highest BCUT2D eigenvalue weighted by Crippen LogP contribution is 2.25. The molecule has 0 saturated heterocycles. The molecule has 2 nitrogen and oxygen atoms in total. The number of hydrogen-bond acceptors (Lipinski definition) is 2. The van der Waals surface area contributed by atoms with Gasteiger partial charge in [0.1, 0.15) is 5.75 Å². The number of hydrogen-bond donors (Lipinski definition) is 1. The SMILES string of the molecule is CC1CCC(NCc2ccccc2OC(C)C)CC1. The molecule has 0 bridgehead atoms. The summed E-state index contributed by atoms with van der Waals surface area (Å²) in [6.07, 6.45) is 5.59. The van der Waals surface area contributed by atoms with Crippen LogP contribution in [-0.4, -0.2) is 12.1 Å². The van der Waals surface area contributed by atoms with E-state index in [4.69, 9.17) is 4.74 Å². The summed E-state index contributed by atoms with van der Waals surface area (Å²) in [5.41, 5.74) is 1.27. The van der Waals surface area contributed by atoms with Gasteiger partial charge >= 0.3 is 0 Å². The van der Waals surface area contributed by atoms with Crippen molar-refractivity contribution in [2.24, 2.45) is 5.92 Å². The average molecular weight is 261 g/mol. The molecule has 2 heteroatoms. The van der Waals surface area contributed by atoms with E-state index in [1.807, 2.05) is 6.07 Å². The van der Waals surface area contributed by atoms with Gasteiger partial charge in [-0.25, -0.2) is 0 Å². The summed E-state index contributed by atoms with van der Waals surface area (Å²) >= 11 is 0. The average Bonchev–Trinajstić information content (AvgIpc) is 2.39. The highest BCUT2D eigenvalue weighted by atomic mass is 16.5. The van der Waals surface area contributed by atoms with E-state index in [1.165, 1.54) is 31.2 Å². The summed E-state index contributed by atoms with van der Waals surface area (Å²) in [7, 11) is 0. The molecule has 0 radical (unpaired) electrons. The van der Waals surface area contributed by atoms with Gasteiger partial charge < -0.3 is 10.1 Å². The van der Waals surface area contributed by atoms with E-state index >= 15 is 0 Å². The van der Waals surface area contributed by atoms with Crippen LogP contribution in [0, 0.1) is 5.92 Å². The Morgan fingerprint density at radius 2 is 1.84 bits per heavy atom. The third-order valence-electron chi connectivity index (χ3n) is 3.93. The fourth-order valence-electron chi connectivity index (χ4n) is 2.74. The fraction of sp³-hybridized carbons (Fsp3) is 0.647. The van der Waals surface area contributed by atoms with Crippen molar-refractivity contribution in [1.29, 1.82) is 0 Å². The molecule has 1 aliphatic carbocycles. The van der Waals surface area contributed by atoms with Gasteiger partial charge in [-0.1, -0.05) is 25.1 Å². The van der Waals surface area contributed by atoms with E-state index in [2.05, 4.69) is 44.3 Å². The van der Waals surface area contributed by atoms with Gasteiger partial charge in [0.2, 0.25) is 0 Å². The first kappa shape index (κ1) is 14.4. The molecule has 106 valence electrons. The lowest BCUT2D eigenvalue weighted by Crippen LogP contribution is -2.32. The van der Waals surface area contributed by atoms with E-state index in [9.17, 15) is 0 Å². The normalized spacial score (nSPS) is 23.6. The van der Waals surface area contributed by atoms with Crippen LogP contribution in [0.3, 0.4) is 0 Å². The number of rotatable bonds is 5. The topological polar surface area (TPSA) is 21.3 Å². The molecule has 1 aromatic rings. The van der Waals surface area contributed by atoms with Crippen molar-refractivity contribution in [2.45, 2.75) is 65.1 Å². The van der Waals surface area contributed by atoms with E-state index in [-0.39, 0.29) is 6.10 Å². The van der Waals surface area contributed by atoms with Gasteiger partial charge in [-0.15, -0.1) is 0 Å². The Balaban J connectivity index is 1.88. The maximum Gasteiger partial charge on any atom is 0.124 e. The summed E-state index contributed by atoms with van der Waals surface area (Å²) < 4.78 is 5.86. The smallest absolute Gasteiger partial charge is 0.124 e. The molecule has 1 aliphatic rings. The Labute approximate surface area is 117 Å². The molecular formula is C17H27NO. The predicted octanol–water partition coefficient (Wildman–Crippen LogP) is 4.14. The Morgan fingerprint density at radius 1 is 1.16 bits per heavy atom. The summed E-state index contributed by atoms with van der Waals surface area (Å²) in [5.74, 6) is 1.93. The first-order chi connectivity index (χ1) is 9.15. The van der Waals surface area contributed by atoms with Gasteiger partial charge in [-0.3, -0.25) is 0 Å². The molecular weight excluding hydrogens is 234 g/mol. The van der Waals surface area contributed by atoms with Gasteiger partial charge in [0.25, 0.3) is 0 Å². The molecule has 19 heavy (non-hydrogen) atoms. The van der Waals surface area contributed by atoms with Crippen molar-refractivity contribution >= 4 is 0 Å². The molecule has 0 heterocycles. The molecule has 1 saturated carbocycles. The van der Waals surface area contributed by atoms with Gasteiger partial charge in [-0.2, -0.15) is 0 Å². The summed E-state index contributed by atoms with van der Waals surface area (Å²) in [6.45, 7) is 7.43. The maximum absolute atomic E-state index is 5.86. The third-order valence-corrected chi connectivity index (χ3v) is 3.93. The molecule has 1 N–H and O–H groups in total. The first-order valence-corrected chi connectivity index (χ1v) is 7.63. The second kappa shape index (κ2) is 6.95.